The number of fused-ring (bicyclic) bond motifs is 3. The lowest BCUT2D eigenvalue weighted by molar-refractivity contribution is -0.0286. The summed E-state index contributed by atoms with van der Waals surface area (Å²) in [4.78, 5) is 16.6. The third-order valence-electron chi connectivity index (χ3n) is 6.33. The maximum atomic E-state index is 14.8. The van der Waals surface area contributed by atoms with Gasteiger partial charge in [0.15, 0.2) is 0 Å². The first-order valence-electron chi connectivity index (χ1n) is 11.0. The number of anilines is 1. The molecule has 0 radical (unpaired) electrons. The number of benzene rings is 2. The number of carbonyl (C=O) groups excluding carboxylic acids is 1. The Morgan fingerprint density at radius 3 is 2.74 bits per heavy atom. The van der Waals surface area contributed by atoms with Crippen molar-refractivity contribution in [2.75, 3.05) is 25.1 Å². The molecule has 2 N–H and O–H groups in total. The molecule has 2 aromatic carbocycles. The van der Waals surface area contributed by atoms with E-state index in [0.717, 1.165) is 17.8 Å². The number of nitrogens with zero attached hydrogens (tertiary/aromatic N) is 4. The molecule has 0 spiro atoms. The topological polar surface area (TPSA) is 86.0 Å². The summed E-state index contributed by atoms with van der Waals surface area (Å²) in [5.41, 5.74) is 2.02. The summed E-state index contributed by atoms with van der Waals surface area (Å²) in [6, 6.07) is 5.51. The molecular formula is C24H19F3N6O2. The zero-order valence-electron chi connectivity index (χ0n) is 18.2. The van der Waals surface area contributed by atoms with Crippen molar-refractivity contribution < 1.29 is 22.7 Å². The Morgan fingerprint density at radius 2 is 1.94 bits per heavy atom. The van der Waals surface area contributed by atoms with Crippen molar-refractivity contribution in [2.24, 2.45) is 0 Å². The van der Waals surface area contributed by atoms with E-state index < -0.39 is 29.5 Å². The minimum absolute atomic E-state index is 0.0232. The van der Waals surface area contributed by atoms with Crippen LogP contribution in [-0.2, 0) is 4.74 Å². The Kier molecular flexibility index (Phi) is 5.06. The SMILES string of the molecule is O=C(NCC1c2c(F)cccc2-c2cncn21)Nc1cc(F)c(-c2cnn(C3COC3)c2)cc1F. The average Bonchev–Trinajstić information content (AvgIpc) is 3.51. The molecule has 0 aliphatic carbocycles. The van der Waals surface area contributed by atoms with Crippen molar-refractivity contribution in [1.82, 2.24) is 24.6 Å². The van der Waals surface area contributed by atoms with Gasteiger partial charge in [0, 0.05) is 41.1 Å². The number of nitrogens with one attached hydrogen (secondary N) is 2. The molecule has 11 heteroatoms. The smallest absolute Gasteiger partial charge is 0.319 e. The number of hydrogen-bond acceptors (Lipinski definition) is 4. The number of rotatable bonds is 5. The maximum absolute atomic E-state index is 14.8. The quantitative estimate of drug-likeness (QED) is 0.450. The fraction of sp³-hybridized carbons (Fsp3) is 0.208. The summed E-state index contributed by atoms with van der Waals surface area (Å²) in [7, 11) is 0. The maximum Gasteiger partial charge on any atom is 0.319 e. The Hall–Kier alpha value is -4.12. The number of urea groups is 1. The van der Waals surface area contributed by atoms with Gasteiger partial charge in [-0.15, -0.1) is 0 Å². The van der Waals surface area contributed by atoms with Gasteiger partial charge < -0.3 is 19.9 Å². The first-order chi connectivity index (χ1) is 17.0. The van der Waals surface area contributed by atoms with E-state index in [9.17, 15) is 18.0 Å². The predicted octanol–water partition coefficient (Wildman–Crippen LogP) is 4.13. The van der Waals surface area contributed by atoms with Gasteiger partial charge in [-0.3, -0.25) is 4.68 Å². The molecule has 0 saturated carbocycles. The van der Waals surface area contributed by atoms with Crippen LogP contribution in [-0.4, -0.2) is 45.1 Å². The number of halogens is 3. The lowest BCUT2D eigenvalue weighted by Gasteiger charge is -2.25. The van der Waals surface area contributed by atoms with Crippen LogP contribution in [0, 0.1) is 17.5 Å². The fourth-order valence-corrected chi connectivity index (χ4v) is 4.47. The normalized spacial score (nSPS) is 16.5. The highest BCUT2D eigenvalue weighted by atomic mass is 19.1. The molecule has 2 aliphatic heterocycles. The molecule has 178 valence electrons. The van der Waals surface area contributed by atoms with E-state index in [1.807, 2.05) is 0 Å². The van der Waals surface area contributed by atoms with Gasteiger partial charge in [0.1, 0.15) is 17.5 Å². The van der Waals surface area contributed by atoms with Crippen molar-refractivity contribution in [3.63, 3.8) is 0 Å². The van der Waals surface area contributed by atoms with E-state index in [-0.39, 0.29) is 23.8 Å². The van der Waals surface area contributed by atoms with E-state index in [1.54, 1.807) is 40.1 Å². The van der Waals surface area contributed by atoms with Gasteiger partial charge in [0.25, 0.3) is 0 Å². The number of ether oxygens (including phenoxy) is 1. The van der Waals surface area contributed by atoms with E-state index in [4.69, 9.17) is 4.74 Å². The summed E-state index contributed by atoms with van der Waals surface area (Å²) in [5.74, 6) is -1.90. The monoisotopic (exact) mass is 480 g/mol. The van der Waals surface area contributed by atoms with E-state index in [1.165, 1.54) is 12.3 Å². The number of amides is 2. The number of aromatic nitrogens is 4. The van der Waals surface area contributed by atoms with Crippen LogP contribution < -0.4 is 10.6 Å². The van der Waals surface area contributed by atoms with Gasteiger partial charge in [-0.25, -0.2) is 22.9 Å². The summed E-state index contributed by atoms with van der Waals surface area (Å²) >= 11 is 0. The predicted molar refractivity (Wildman–Crippen MR) is 120 cm³/mol. The molecule has 1 atom stereocenters. The van der Waals surface area contributed by atoms with Crippen LogP contribution in [0.4, 0.5) is 23.7 Å². The van der Waals surface area contributed by atoms with Crippen LogP contribution in [0.2, 0.25) is 0 Å². The van der Waals surface area contributed by atoms with Crippen molar-refractivity contribution in [2.45, 2.75) is 12.1 Å². The van der Waals surface area contributed by atoms with E-state index in [0.29, 0.717) is 29.9 Å². The van der Waals surface area contributed by atoms with Crippen LogP contribution in [0.5, 0.6) is 0 Å². The van der Waals surface area contributed by atoms with Gasteiger partial charge in [0.05, 0.1) is 55.4 Å². The molecule has 4 heterocycles. The second kappa shape index (κ2) is 8.27. The van der Waals surface area contributed by atoms with Crippen molar-refractivity contribution in [1.29, 1.82) is 0 Å². The molecule has 2 aliphatic rings. The fourth-order valence-electron chi connectivity index (χ4n) is 4.47. The summed E-state index contributed by atoms with van der Waals surface area (Å²) in [5, 5.41) is 9.13. The van der Waals surface area contributed by atoms with Crippen LogP contribution in [0.25, 0.3) is 22.4 Å². The molecule has 1 saturated heterocycles. The Labute approximate surface area is 197 Å². The Balaban J connectivity index is 1.16. The molecule has 8 nitrogen and oxygen atoms in total. The summed E-state index contributed by atoms with van der Waals surface area (Å²) in [6.45, 7) is 1.07. The molecule has 2 amide bonds. The Bertz CT molecular complexity index is 1450. The first-order valence-corrected chi connectivity index (χ1v) is 11.0. The molecule has 1 fully saturated rings. The standard InChI is InChI=1S/C24H19F3N6O2/c25-17-3-1-2-15-21-7-28-12-32(21)22(23(15)17)8-29-24(34)31-20-5-18(26)16(4-19(20)27)13-6-30-33(9-13)14-10-35-11-14/h1-7,9,12,14,22H,8,10-11H2,(H2,29,31,34). The van der Waals surface area contributed by atoms with Gasteiger partial charge in [-0.2, -0.15) is 5.10 Å². The highest BCUT2D eigenvalue weighted by Gasteiger charge is 2.31. The molecule has 35 heavy (non-hydrogen) atoms. The second-order valence-corrected chi connectivity index (χ2v) is 8.45. The first kappa shape index (κ1) is 21.4. The largest absolute Gasteiger partial charge is 0.377 e. The van der Waals surface area contributed by atoms with Crippen LogP contribution in [0.15, 0.2) is 55.2 Å². The zero-order valence-corrected chi connectivity index (χ0v) is 18.2. The molecule has 1 unspecified atom stereocenters. The highest BCUT2D eigenvalue weighted by Crippen LogP contribution is 2.40. The number of imidazole rings is 1. The minimum Gasteiger partial charge on any atom is -0.377 e. The van der Waals surface area contributed by atoms with Gasteiger partial charge in [0.2, 0.25) is 0 Å². The third-order valence-corrected chi connectivity index (χ3v) is 6.33. The lowest BCUT2D eigenvalue weighted by atomic mass is 10.0. The third kappa shape index (κ3) is 3.64. The van der Waals surface area contributed by atoms with Crippen LogP contribution in [0.1, 0.15) is 17.6 Å². The number of carbonyl (C=O) groups is 1. The molecular weight excluding hydrogens is 461 g/mol. The van der Waals surface area contributed by atoms with Crippen LogP contribution >= 0.6 is 0 Å². The molecule has 6 rings (SSSR count). The molecule has 2 aromatic heterocycles. The average molecular weight is 480 g/mol. The van der Waals surface area contributed by atoms with E-state index in [2.05, 4.69) is 20.7 Å². The zero-order chi connectivity index (χ0) is 24.1. The van der Waals surface area contributed by atoms with Crippen molar-refractivity contribution in [3.8, 4) is 22.4 Å². The van der Waals surface area contributed by atoms with Gasteiger partial charge in [-0.1, -0.05) is 12.1 Å². The summed E-state index contributed by atoms with van der Waals surface area (Å²) < 4.78 is 52.6. The lowest BCUT2D eigenvalue weighted by Crippen LogP contribution is -2.34. The van der Waals surface area contributed by atoms with Crippen molar-refractivity contribution in [3.05, 3.63) is 78.3 Å². The van der Waals surface area contributed by atoms with Gasteiger partial charge >= 0.3 is 6.03 Å². The highest BCUT2D eigenvalue weighted by molar-refractivity contribution is 5.90. The second-order valence-electron chi connectivity index (χ2n) is 8.45. The Morgan fingerprint density at radius 1 is 1.09 bits per heavy atom. The van der Waals surface area contributed by atoms with Crippen LogP contribution in [0.3, 0.4) is 0 Å². The minimum atomic E-state index is -0.801. The molecule has 4 aromatic rings. The van der Waals surface area contributed by atoms with E-state index >= 15 is 0 Å². The molecule has 0 bridgehead atoms. The number of hydrogen-bond donors (Lipinski definition) is 2. The summed E-state index contributed by atoms with van der Waals surface area (Å²) in [6.07, 6.45) is 6.28. The van der Waals surface area contributed by atoms with Crippen molar-refractivity contribution >= 4 is 11.7 Å². The van der Waals surface area contributed by atoms with Gasteiger partial charge in [-0.05, 0) is 12.1 Å².